The van der Waals surface area contributed by atoms with Gasteiger partial charge in [0.15, 0.2) is 0 Å². The average Bonchev–Trinajstić information content (AvgIpc) is 3.10. The molecule has 3 aromatic rings. The molecule has 0 spiro atoms. The summed E-state index contributed by atoms with van der Waals surface area (Å²) in [6.45, 7) is 2.49. The summed E-state index contributed by atoms with van der Waals surface area (Å²) in [5.41, 5.74) is 4.44. The van der Waals surface area contributed by atoms with Crippen molar-refractivity contribution >= 4 is 27.3 Å². The molecule has 0 aliphatic carbocycles. The minimum atomic E-state index is -3.58. The third kappa shape index (κ3) is 4.30. The van der Waals surface area contributed by atoms with Gasteiger partial charge >= 0.3 is 0 Å². The SMILES string of the molecule is Cc1cccc(CS(=O)(=O)Nc2ccc3c(c2)N(C(=O)c2cccnc2)CC3)c1. The molecule has 2 aromatic carbocycles. The highest BCUT2D eigenvalue weighted by Crippen LogP contribution is 2.32. The van der Waals surface area contributed by atoms with E-state index in [2.05, 4.69) is 9.71 Å². The number of nitrogens with zero attached hydrogens (tertiary/aromatic N) is 2. The van der Waals surface area contributed by atoms with Crippen LogP contribution in [0.15, 0.2) is 67.0 Å². The normalized spacial score (nSPS) is 13.2. The fraction of sp³-hybridized carbons (Fsp3) is 0.182. The highest BCUT2D eigenvalue weighted by Gasteiger charge is 2.26. The third-order valence-corrected chi connectivity index (χ3v) is 6.11. The lowest BCUT2D eigenvalue weighted by molar-refractivity contribution is 0.0989. The number of hydrogen-bond donors (Lipinski definition) is 1. The Balaban J connectivity index is 1.56. The van der Waals surface area contributed by atoms with Crippen LogP contribution in [0.3, 0.4) is 0 Å². The lowest BCUT2D eigenvalue weighted by Gasteiger charge is -2.18. The number of rotatable bonds is 5. The average molecular weight is 407 g/mol. The van der Waals surface area contributed by atoms with Gasteiger partial charge in [-0.2, -0.15) is 0 Å². The van der Waals surface area contributed by atoms with E-state index < -0.39 is 10.0 Å². The number of fused-ring (bicyclic) bond motifs is 1. The van der Waals surface area contributed by atoms with E-state index in [-0.39, 0.29) is 11.7 Å². The molecule has 148 valence electrons. The van der Waals surface area contributed by atoms with Gasteiger partial charge in [0, 0.05) is 24.6 Å². The number of benzene rings is 2. The van der Waals surface area contributed by atoms with Crippen LogP contribution in [0.2, 0.25) is 0 Å². The van der Waals surface area contributed by atoms with Crippen LogP contribution in [0, 0.1) is 6.92 Å². The van der Waals surface area contributed by atoms with E-state index in [0.29, 0.717) is 17.8 Å². The number of sulfonamides is 1. The molecule has 1 aromatic heterocycles. The zero-order chi connectivity index (χ0) is 20.4. The van der Waals surface area contributed by atoms with Crippen molar-refractivity contribution < 1.29 is 13.2 Å². The molecule has 0 radical (unpaired) electrons. The van der Waals surface area contributed by atoms with Crippen LogP contribution in [0.4, 0.5) is 11.4 Å². The molecule has 29 heavy (non-hydrogen) atoms. The number of aryl methyl sites for hydroxylation is 1. The molecule has 0 atom stereocenters. The maximum atomic E-state index is 12.8. The van der Waals surface area contributed by atoms with Crippen LogP contribution >= 0.6 is 0 Å². The highest BCUT2D eigenvalue weighted by molar-refractivity contribution is 7.91. The first kappa shape index (κ1) is 19.1. The summed E-state index contributed by atoms with van der Waals surface area (Å²) in [7, 11) is -3.58. The Morgan fingerprint density at radius 1 is 1.14 bits per heavy atom. The summed E-state index contributed by atoms with van der Waals surface area (Å²) in [4.78, 5) is 18.5. The molecule has 1 N–H and O–H groups in total. The van der Waals surface area contributed by atoms with E-state index >= 15 is 0 Å². The molecule has 4 rings (SSSR count). The molecule has 0 saturated carbocycles. The zero-order valence-electron chi connectivity index (χ0n) is 16.0. The van der Waals surface area contributed by atoms with Crippen molar-refractivity contribution in [3.63, 3.8) is 0 Å². The van der Waals surface area contributed by atoms with Crippen molar-refractivity contribution in [2.75, 3.05) is 16.2 Å². The predicted octanol–water partition coefficient (Wildman–Crippen LogP) is 3.53. The Morgan fingerprint density at radius 2 is 2.00 bits per heavy atom. The van der Waals surface area contributed by atoms with Crippen molar-refractivity contribution in [1.82, 2.24) is 4.98 Å². The first-order valence-electron chi connectivity index (χ1n) is 9.32. The number of pyridine rings is 1. The minimum absolute atomic E-state index is 0.107. The van der Waals surface area contributed by atoms with E-state index in [1.165, 1.54) is 6.20 Å². The molecule has 0 fully saturated rings. The van der Waals surface area contributed by atoms with E-state index in [9.17, 15) is 13.2 Å². The summed E-state index contributed by atoms with van der Waals surface area (Å²) in [6.07, 6.45) is 3.89. The summed E-state index contributed by atoms with van der Waals surface area (Å²) in [5, 5.41) is 0. The number of carbonyl (C=O) groups excluding carboxylic acids is 1. The van der Waals surface area contributed by atoms with Crippen LogP contribution in [0.5, 0.6) is 0 Å². The number of amides is 1. The number of aromatic nitrogens is 1. The second-order valence-electron chi connectivity index (χ2n) is 7.14. The smallest absolute Gasteiger partial charge is 0.259 e. The molecule has 1 amide bonds. The zero-order valence-corrected chi connectivity index (χ0v) is 16.8. The van der Waals surface area contributed by atoms with Gasteiger partial charge in [0.25, 0.3) is 5.91 Å². The summed E-state index contributed by atoms with van der Waals surface area (Å²) in [6, 6.07) is 16.2. The number of anilines is 2. The molecule has 2 heterocycles. The topological polar surface area (TPSA) is 79.4 Å². The number of nitrogens with one attached hydrogen (secondary N) is 1. The van der Waals surface area contributed by atoms with E-state index in [0.717, 1.165) is 28.8 Å². The summed E-state index contributed by atoms with van der Waals surface area (Å²) < 4.78 is 27.9. The first-order valence-corrected chi connectivity index (χ1v) is 11.0. The second kappa shape index (κ2) is 7.67. The Kier molecular flexibility index (Phi) is 5.07. The quantitative estimate of drug-likeness (QED) is 0.702. The molecule has 0 unspecified atom stereocenters. The molecule has 6 nitrogen and oxygen atoms in total. The Morgan fingerprint density at radius 3 is 2.76 bits per heavy atom. The Bertz CT molecular complexity index is 1160. The monoisotopic (exact) mass is 407 g/mol. The van der Waals surface area contributed by atoms with Crippen LogP contribution in [-0.2, 0) is 22.2 Å². The standard InChI is InChI=1S/C22H21N3O3S/c1-16-4-2-5-17(12-16)15-29(27,28)24-20-8-7-18-9-11-25(21(18)13-20)22(26)19-6-3-10-23-14-19/h2-8,10,12-14,24H,9,11,15H2,1H3. The van der Waals surface area contributed by atoms with Gasteiger partial charge in [-0.3, -0.25) is 14.5 Å². The minimum Gasteiger partial charge on any atom is -0.308 e. The fourth-order valence-electron chi connectivity index (χ4n) is 3.54. The maximum Gasteiger partial charge on any atom is 0.259 e. The van der Waals surface area contributed by atoms with Crippen molar-refractivity contribution in [2.45, 2.75) is 19.1 Å². The Hall–Kier alpha value is -3.19. The number of hydrogen-bond acceptors (Lipinski definition) is 4. The lowest BCUT2D eigenvalue weighted by Crippen LogP contribution is -2.29. The first-order chi connectivity index (χ1) is 13.9. The molecule has 1 aliphatic heterocycles. The van der Waals surface area contributed by atoms with E-state index in [1.807, 2.05) is 31.2 Å². The van der Waals surface area contributed by atoms with Crippen LogP contribution in [0.25, 0.3) is 0 Å². The van der Waals surface area contributed by atoms with E-state index in [1.54, 1.807) is 41.4 Å². The van der Waals surface area contributed by atoms with Crippen LogP contribution in [-0.4, -0.2) is 25.9 Å². The van der Waals surface area contributed by atoms with Gasteiger partial charge in [0.1, 0.15) is 0 Å². The maximum absolute atomic E-state index is 12.8. The van der Waals surface area contributed by atoms with Gasteiger partial charge in [0.05, 0.1) is 17.0 Å². The molecular formula is C22H21N3O3S. The Labute approximate surface area is 170 Å². The largest absolute Gasteiger partial charge is 0.308 e. The second-order valence-corrected chi connectivity index (χ2v) is 8.86. The predicted molar refractivity (Wildman–Crippen MR) is 113 cm³/mol. The number of carbonyl (C=O) groups is 1. The van der Waals surface area contributed by atoms with E-state index in [4.69, 9.17) is 0 Å². The summed E-state index contributed by atoms with van der Waals surface area (Å²) >= 11 is 0. The van der Waals surface area contributed by atoms with Crippen molar-refractivity contribution in [1.29, 1.82) is 0 Å². The lowest BCUT2D eigenvalue weighted by atomic mass is 10.1. The van der Waals surface area contributed by atoms with Gasteiger partial charge < -0.3 is 4.90 Å². The van der Waals surface area contributed by atoms with Gasteiger partial charge in [-0.15, -0.1) is 0 Å². The fourth-order valence-corrected chi connectivity index (χ4v) is 4.71. The summed E-state index contributed by atoms with van der Waals surface area (Å²) in [5.74, 6) is -0.249. The van der Waals surface area contributed by atoms with Crippen LogP contribution < -0.4 is 9.62 Å². The van der Waals surface area contributed by atoms with Gasteiger partial charge in [-0.1, -0.05) is 35.9 Å². The van der Waals surface area contributed by atoms with Crippen molar-refractivity contribution in [3.8, 4) is 0 Å². The molecule has 7 heteroatoms. The molecular weight excluding hydrogens is 386 g/mol. The molecule has 0 bridgehead atoms. The molecule has 0 saturated heterocycles. The third-order valence-electron chi connectivity index (χ3n) is 4.85. The molecule has 1 aliphatic rings. The van der Waals surface area contributed by atoms with Gasteiger partial charge in [-0.25, -0.2) is 8.42 Å². The highest BCUT2D eigenvalue weighted by atomic mass is 32.2. The van der Waals surface area contributed by atoms with Crippen molar-refractivity contribution in [2.24, 2.45) is 0 Å². The van der Waals surface area contributed by atoms with Crippen molar-refractivity contribution in [3.05, 3.63) is 89.2 Å². The van der Waals surface area contributed by atoms with Gasteiger partial charge in [0.2, 0.25) is 10.0 Å². The van der Waals surface area contributed by atoms with Gasteiger partial charge in [-0.05, 0) is 48.7 Å². The van der Waals surface area contributed by atoms with Crippen LogP contribution in [0.1, 0.15) is 27.0 Å².